The van der Waals surface area contributed by atoms with Crippen LogP contribution < -0.4 is 0 Å². The highest BCUT2D eigenvalue weighted by Gasteiger charge is 2.09. The SMILES string of the molecule is O[C@H](c1ccc(Cl)cc1)c1cccnc1. The van der Waals surface area contributed by atoms with E-state index in [-0.39, 0.29) is 0 Å². The number of benzene rings is 1. The van der Waals surface area contributed by atoms with Crippen molar-refractivity contribution in [3.8, 4) is 0 Å². The van der Waals surface area contributed by atoms with Crippen molar-refractivity contribution in [1.29, 1.82) is 0 Å². The molecule has 0 aliphatic carbocycles. The van der Waals surface area contributed by atoms with Gasteiger partial charge in [-0.25, -0.2) is 0 Å². The Morgan fingerprint density at radius 3 is 2.40 bits per heavy atom. The quantitative estimate of drug-likeness (QED) is 0.843. The second kappa shape index (κ2) is 4.43. The van der Waals surface area contributed by atoms with Crippen LogP contribution in [0.3, 0.4) is 0 Å². The highest BCUT2D eigenvalue weighted by Crippen LogP contribution is 2.22. The van der Waals surface area contributed by atoms with Crippen LogP contribution in [-0.4, -0.2) is 10.1 Å². The van der Waals surface area contributed by atoms with Crippen LogP contribution in [0.4, 0.5) is 0 Å². The Morgan fingerprint density at radius 2 is 1.80 bits per heavy atom. The number of aliphatic hydroxyl groups excluding tert-OH is 1. The van der Waals surface area contributed by atoms with Crippen molar-refractivity contribution < 1.29 is 5.11 Å². The molecule has 2 aromatic rings. The van der Waals surface area contributed by atoms with Gasteiger partial charge in [0, 0.05) is 23.0 Å². The summed E-state index contributed by atoms with van der Waals surface area (Å²) in [6, 6.07) is 10.8. The zero-order valence-electron chi connectivity index (χ0n) is 7.97. The van der Waals surface area contributed by atoms with Gasteiger partial charge in [0.1, 0.15) is 6.10 Å². The summed E-state index contributed by atoms with van der Waals surface area (Å²) in [4.78, 5) is 3.96. The van der Waals surface area contributed by atoms with Gasteiger partial charge in [0.25, 0.3) is 0 Å². The summed E-state index contributed by atoms with van der Waals surface area (Å²) in [5.74, 6) is 0. The van der Waals surface area contributed by atoms with Crippen LogP contribution in [0.15, 0.2) is 48.8 Å². The number of halogens is 1. The first-order chi connectivity index (χ1) is 7.27. The zero-order chi connectivity index (χ0) is 10.7. The van der Waals surface area contributed by atoms with Crippen LogP contribution in [0.5, 0.6) is 0 Å². The normalized spacial score (nSPS) is 12.4. The molecule has 2 rings (SSSR count). The van der Waals surface area contributed by atoms with E-state index in [9.17, 15) is 5.11 Å². The summed E-state index contributed by atoms with van der Waals surface area (Å²) in [5.41, 5.74) is 1.59. The van der Waals surface area contributed by atoms with Gasteiger partial charge >= 0.3 is 0 Å². The van der Waals surface area contributed by atoms with E-state index in [2.05, 4.69) is 4.98 Å². The summed E-state index contributed by atoms with van der Waals surface area (Å²) >= 11 is 5.77. The van der Waals surface area contributed by atoms with Gasteiger partial charge in [0.2, 0.25) is 0 Å². The van der Waals surface area contributed by atoms with E-state index in [1.807, 2.05) is 6.07 Å². The number of aliphatic hydroxyl groups is 1. The maximum absolute atomic E-state index is 10.00. The van der Waals surface area contributed by atoms with Gasteiger partial charge in [-0.05, 0) is 23.8 Å². The fourth-order valence-electron chi connectivity index (χ4n) is 1.38. The van der Waals surface area contributed by atoms with Gasteiger partial charge in [-0.15, -0.1) is 0 Å². The summed E-state index contributed by atoms with van der Waals surface area (Å²) < 4.78 is 0. The van der Waals surface area contributed by atoms with E-state index in [0.29, 0.717) is 5.02 Å². The molecule has 0 unspecified atom stereocenters. The van der Waals surface area contributed by atoms with Gasteiger partial charge < -0.3 is 5.11 Å². The minimum absolute atomic E-state index is 0.643. The molecule has 1 aromatic heterocycles. The van der Waals surface area contributed by atoms with Gasteiger partial charge in [-0.2, -0.15) is 0 Å². The number of hydrogen-bond acceptors (Lipinski definition) is 2. The minimum Gasteiger partial charge on any atom is -0.384 e. The van der Waals surface area contributed by atoms with Gasteiger partial charge in [0.15, 0.2) is 0 Å². The van der Waals surface area contributed by atoms with E-state index in [0.717, 1.165) is 11.1 Å². The molecule has 0 aliphatic heterocycles. The van der Waals surface area contributed by atoms with Crippen molar-refractivity contribution >= 4 is 11.6 Å². The molecule has 0 saturated heterocycles. The monoisotopic (exact) mass is 219 g/mol. The number of hydrogen-bond donors (Lipinski definition) is 1. The average Bonchev–Trinajstić information content (AvgIpc) is 2.30. The topological polar surface area (TPSA) is 33.1 Å². The molecule has 0 bridgehead atoms. The lowest BCUT2D eigenvalue weighted by molar-refractivity contribution is 0.220. The smallest absolute Gasteiger partial charge is 0.106 e. The van der Waals surface area contributed by atoms with Gasteiger partial charge in [-0.1, -0.05) is 29.8 Å². The van der Waals surface area contributed by atoms with Crippen LogP contribution in [0.25, 0.3) is 0 Å². The Morgan fingerprint density at radius 1 is 1.07 bits per heavy atom. The lowest BCUT2D eigenvalue weighted by Crippen LogP contribution is -1.99. The first kappa shape index (κ1) is 10.1. The first-order valence-corrected chi connectivity index (χ1v) is 4.98. The molecule has 3 heteroatoms. The molecule has 0 radical (unpaired) electrons. The molecule has 76 valence electrons. The van der Waals surface area contributed by atoms with Crippen LogP contribution in [-0.2, 0) is 0 Å². The zero-order valence-corrected chi connectivity index (χ0v) is 8.72. The fourth-order valence-corrected chi connectivity index (χ4v) is 1.50. The predicted molar refractivity (Wildman–Crippen MR) is 59.8 cm³/mol. The maximum atomic E-state index is 10.00. The molecule has 1 heterocycles. The lowest BCUT2D eigenvalue weighted by atomic mass is 10.0. The molecule has 0 aliphatic rings. The van der Waals surface area contributed by atoms with E-state index < -0.39 is 6.10 Å². The minimum atomic E-state index is -0.643. The highest BCUT2D eigenvalue weighted by atomic mass is 35.5. The van der Waals surface area contributed by atoms with Crippen molar-refractivity contribution in [3.63, 3.8) is 0 Å². The van der Waals surface area contributed by atoms with Crippen molar-refractivity contribution in [2.75, 3.05) is 0 Å². The molecule has 0 spiro atoms. The van der Waals surface area contributed by atoms with Crippen molar-refractivity contribution in [2.45, 2.75) is 6.10 Å². The van der Waals surface area contributed by atoms with E-state index in [1.165, 1.54) is 0 Å². The van der Waals surface area contributed by atoms with Gasteiger partial charge in [-0.3, -0.25) is 4.98 Å². The van der Waals surface area contributed by atoms with Crippen molar-refractivity contribution in [2.24, 2.45) is 0 Å². The third-order valence-electron chi connectivity index (χ3n) is 2.19. The number of rotatable bonds is 2. The van der Waals surface area contributed by atoms with E-state index in [1.54, 1.807) is 42.7 Å². The summed E-state index contributed by atoms with van der Waals surface area (Å²) in [5, 5.41) is 10.7. The Kier molecular flexibility index (Phi) is 2.99. The number of nitrogens with zero attached hydrogens (tertiary/aromatic N) is 1. The second-order valence-electron chi connectivity index (χ2n) is 3.24. The molecule has 0 fully saturated rings. The number of pyridine rings is 1. The third-order valence-corrected chi connectivity index (χ3v) is 2.44. The summed E-state index contributed by atoms with van der Waals surface area (Å²) in [6.07, 6.45) is 2.69. The lowest BCUT2D eigenvalue weighted by Gasteiger charge is -2.10. The predicted octanol–water partition coefficient (Wildman–Crippen LogP) is 2.82. The summed E-state index contributed by atoms with van der Waals surface area (Å²) in [6.45, 7) is 0. The highest BCUT2D eigenvalue weighted by molar-refractivity contribution is 6.30. The van der Waals surface area contributed by atoms with Gasteiger partial charge in [0.05, 0.1) is 0 Å². The molecular formula is C12H10ClNO. The maximum Gasteiger partial charge on any atom is 0.106 e. The Bertz CT molecular complexity index is 427. The molecular weight excluding hydrogens is 210 g/mol. The molecule has 1 atom stereocenters. The molecule has 0 saturated carbocycles. The molecule has 0 amide bonds. The Hall–Kier alpha value is -1.38. The second-order valence-corrected chi connectivity index (χ2v) is 3.68. The van der Waals surface area contributed by atoms with Crippen molar-refractivity contribution in [3.05, 3.63) is 64.9 Å². The van der Waals surface area contributed by atoms with Crippen LogP contribution in [0.1, 0.15) is 17.2 Å². The molecule has 1 aromatic carbocycles. The molecule has 1 N–H and O–H groups in total. The van der Waals surface area contributed by atoms with E-state index in [4.69, 9.17) is 11.6 Å². The largest absolute Gasteiger partial charge is 0.384 e. The third kappa shape index (κ3) is 2.35. The fraction of sp³-hybridized carbons (Fsp3) is 0.0833. The van der Waals surface area contributed by atoms with E-state index >= 15 is 0 Å². The van der Waals surface area contributed by atoms with Crippen LogP contribution >= 0.6 is 11.6 Å². The van der Waals surface area contributed by atoms with Crippen LogP contribution in [0, 0.1) is 0 Å². The average molecular weight is 220 g/mol. The Labute approximate surface area is 93.2 Å². The summed E-state index contributed by atoms with van der Waals surface area (Å²) in [7, 11) is 0. The van der Waals surface area contributed by atoms with Crippen LogP contribution in [0.2, 0.25) is 5.02 Å². The Balaban J connectivity index is 2.29. The number of aromatic nitrogens is 1. The first-order valence-electron chi connectivity index (χ1n) is 4.61. The standard InChI is InChI=1S/C12H10ClNO/c13-11-5-3-9(4-6-11)12(15)10-2-1-7-14-8-10/h1-8,12,15H/t12-/m1/s1. The molecule has 2 nitrogen and oxygen atoms in total. The molecule has 15 heavy (non-hydrogen) atoms. The van der Waals surface area contributed by atoms with Crippen molar-refractivity contribution in [1.82, 2.24) is 4.98 Å².